The number of likely N-dealkylation sites (tertiary alicyclic amines) is 1. The number of halogens is 1. The summed E-state index contributed by atoms with van der Waals surface area (Å²) in [6, 6.07) is 12.0. The summed E-state index contributed by atoms with van der Waals surface area (Å²) in [6.45, 7) is 9.66. The van der Waals surface area contributed by atoms with E-state index in [-0.39, 0.29) is 28.0 Å². The number of ether oxygens (including phenoxy) is 3. The van der Waals surface area contributed by atoms with Crippen LogP contribution in [-0.2, 0) is 31.0 Å². The van der Waals surface area contributed by atoms with Gasteiger partial charge in [0.1, 0.15) is 11.4 Å². The van der Waals surface area contributed by atoms with Crippen molar-refractivity contribution in [2.24, 2.45) is 17.8 Å². The molecule has 2 spiro atoms. The summed E-state index contributed by atoms with van der Waals surface area (Å²) in [5, 5.41) is 0.437. The van der Waals surface area contributed by atoms with E-state index in [9.17, 15) is 9.00 Å². The van der Waals surface area contributed by atoms with E-state index in [1.54, 1.807) is 6.07 Å². The molecule has 0 radical (unpaired) electrons. The van der Waals surface area contributed by atoms with Crippen molar-refractivity contribution in [3.63, 3.8) is 0 Å². The fraction of sp³-hybridized carbons (Fsp3) is 0.600. The number of nitrogens with one attached hydrogen (secondary N) is 1. The summed E-state index contributed by atoms with van der Waals surface area (Å²) in [5.74, 6) is 5.20. The Morgan fingerprint density at radius 2 is 1.96 bits per heavy atom. The van der Waals surface area contributed by atoms with Gasteiger partial charge < -0.3 is 19.1 Å². The molecule has 10 heteroatoms. The van der Waals surface area contributed by atoms with E-state index in [1.165, 1.54) is 17.5 Å². The number of allylic oxidation sites excluding steroid dienone is 1. The number of methoxy groups -OCH3 is 1. The lowest BCUT2D eigenvalue weighted by molar-refractivity contribution is -0.215. The molecule has 50 heavy (non-hydrogen) atoms. The second-order valence-corrected chi connectivity index (χ2v) is 19.1. The lowest BCUT2D eigenvalue weighted by Gasteiger charge is -2.61. The number of hydrogen-bond acceptors (Lipinski definition) is 7. The Hall–Kier alpha value is -2.56. The van der Waals surface area contributed by atoms with Crippen LogP contribution in [0, 0.1) is 17.8 Å². The maximum atomic E-state index is 14.0. The average molecular weight is 722 g/mol. The first-order chi connectivity index (χ1) is 24.0. The number of carbonyl (C=O) groups excluding carboxylic acids is 1. The van der Waals surface area contributed by atoms with Gasteiger partial charge in [0, 0.05) is 54.5 Å². The van der Waals surface area contributed by atoms with Gasteiger partial charge in [-0.05, 0) is 117 Å². The van der Waals surface area contributed by atoms with Crippen LogP contribution in [0.4, 0.5) is 5.69 Å². The predicted octanol–water partition coefficient (Wildman–Crippen LogP) is 6.04. The molecule has 4 aliphatic heterocycles. The second-order valence-electron chi connectivity index (χ2n) is 16.3. The van der Waals surface area contributed by atoms with Crippen LogP contribution in [-0.4, -0.2) is 90.4 Å². The smallest absolute Gasteiger partial charge is 0.262 e. The van der Waals surface area contributed by atoms with Gasteiger partial charge >= 0.3 is 0 Å². The normalized spacial score (nSPS) is 37.2. The van der Waals surface area contributed by atoms with Gasteiger partial charge in [-0.2, -0.15) is 0 Å². The molecule has 2 bridgehead atoms. The molecule has 4 heterocycles. The lowest BCUT2D eigenvalue weighted by Crippen LogP contribution is -2.73. The summed E-state index contributed by atoms with van der Waals surface area (Å²) >= 11 is 6.50. The Kier molecular flexibility index (Phi) is 8.86. The minimum absolute atomic E-state index is 0.0342. The highest BCUT2D eigenvalue weighted by molar-refractivity contribution is 7.99. The fourth-order valence-corrected chi connectivity index (χ4v) is 11.4. The van der Waals surface area contributed by atoms with Crippen LogP contribution in [0.15, 0.2) is 48.6 Å². The number of rotatable bonds is 3. The molecule has 2 aromatic rings. The number of amides is 1. The molecule has 8 nitrogen and oxygen atoms in total. The minimum atomic E-state index is -2.95. The molecule has 2 saturated heterocycles. The SMILES string of the molecule is C=S1(=O)NC(=O)c2ccc3c(c2)N(C[C@@H]2CC[C@H]2[C@@](CN2CCC24COC4)(OC)/C=C/C[C@H](C)[C@H]1C)C[C@@]1(CCCc2cc(Cl)ccc21)CO3. The Labute approximate surface area is 303 Å². The topological polar surface area (TPSA) is 80.3 Å². The number of aryl methyl sites for hydroxylation is 1. The lowest BCUT2D eigenvalue weighted by atomic mass is 9.63. The van der Waals surface area contributed by atoms with E-state index in [0.29, 0.717) is 30.4 Å². The second kappa shape index (κ2) is 12.8. The van der Waals surface area contributed by atoms with Crippen molar-refractivity contribution in [3.05, 3.63) is 70.3 Å². The fourth-order valence-electron chi connectivity index (χ4n) is 9.70. The zero-order valence-corrected chi connectivity index (χ0v) is 31.3. The molecule has 3 fully saturated rings. The van der Waals surface area contributed by atoms with Crippen LogP contribution >= 0.6 is 11.6 Å². The molecule has 2 aromatic carbocycles. The highest BCUT2D eigenvalue weighted by atomic mass is 35.5. The first kappa shape index (κ1) is 34.5. The van der Waals surface area contributed by atoms with Crippen LogP contribution in [0.25, 0.3) is 0 Å². The highest BCUT2D eigenvalue weighted by Crippen LogP contribution is 2.50. The summed E-state index contributed by atoms with van der Waals surface area (Å²) in [4.78, 5) is 18.9. The Morgan fingerprint density at radius 1 is 1.12 bits per heavy atom. The number of carbonyl (C=O) groups is 1. The molecule has 1 amide bonds. The van der Waals surface area contributed by atoms with E-state index in [1.807, 2.05) is 32.2 Å². The molecule has 270 valence electrons. The maximum absolute atomic E-state index is 14.0. The minimum Gasteiger partial charge on any atom is -0.490 e. The number of fused-ring (bicyclic) bond motifs is 4. The molecule has 1 N–H and O–H groups in total. The van der Waals surface area contributed by atoms with E-state index in [4.69, 9.17) is 25.8 Å². The monoisotopic (exact) mass is 721 g/mol. The van der Waals surface area contributed by atoms with Gasteiger partial charge in [-0.15, -0.1) is 0 Å². The average Bonchev–Trinajstić information content (AvgIpc) is 3.19. The van der Waals surface area contributed by atoms with Crippen molar-refractivity contribution < 1.29 is 23.2 Å². The molecule has 6 aliphatic rings. The zero-order chi connectivity index (χ0) is 34.9. The third-order valence-corrected chi connectivity index (χ3v) is 15.9. The third-order valence-electron chi connectivity index (χ3n) is 13.5. The van der Waals surface area contributed by atoms with Gasteiger partial charge in [-0.3, -0.25) is 14.4 Å². The number of hydrogen-bond donors (Lipinski definition) is 1. The summed E-state index contributed by atoms with van der Waals surface area (Å²) in [6.07, 6.45) is 11.7. The summed E-state index contributed by atoms with van der Waals surface area (Å²) < 4.78 is 36.0. The number of anilines is 1. The summed E-state index contributed by atoms with van der Waals surface area (Å²) in [7, 11) is -1.07. The Bertz CT molecular complexity index is 1790. The van der Waals surface area contributed by atoms with Gasteiger partial charge in [0.25, 0.3) is 5.91 Å². The Balaban J connectivity index is 1.21. The highest BCUT2D eigenvalue weighted by Gasteiger charge is 2.56. The van der Waals surface area contributed by atoms with Crippen molar-refractivity contribution in [3.8, 4) is 5.75 Å². The summed E-state index contributed by atoms with van der Waals surface area (Å²) in [5.41, 5.74) is 3.45. The zero-order valence-electron chi connectivity index (χ0n) is 29.8. The Morgan fingerprint density at radius 3 is 2.66 bits per heavy atom. The van der Waals surface area contributed by atoms with Gasteiger partial charge in [0.2, 0.25) is 0 Å². The van der Waals surface area contributed by atoms with Crippen LogP contribution in [0.2, 0.25) is 5.02 Å². The van der Waals surface area contributed by atoms with Crippen molar-refractivity contribution in [1.82, 2.24) is 9.62 Å². The molecule has 0 aromatic heterocycles. The molecule has 1 unspecified atom stereocenters. The van der Waals surface area contributed by atoms with Crippen LogP contribution in [0.5, 0.6) is 5.75 Å². The van der Waals surface area contributed by atoms with Gasteiger partial charge in [-0.1, -0.05) is 36.7 Å². The van der Waals surface area contributed by atoms with Crippen LogP contribution < -0.4 is 14.4 Å². The maximum Gasteiger partial charge on any atom is 0.262 e. The van der Waals surface area contributed by atoms with Crippen LogP contribution in [0.3, 0.4) is 0 Å². The third kappa shape index (κ3) is 5.80. The molecular weight excluding hydrogens is 670 g/mol. The van der Waals surface area contributed by atoms with Crippen LogP contribution in [0.1, 0.15) is 73.9 Å². The van der Waals surface area contributed by atoms with E-state index in [0.717, 1.165) is 88.0 Å². The van der Waals surface area contributed by atoms with E-state index in [2.05, 4.69) is 51.6 Å². The molecule has 8 rings (SSSR count). The molecule has 2 aliphatic carbocycles. The molecule has 1 saturated carbocycles. The quantitative estimate of drug-likeness (QED) is 0.306. The van der Waals surface area contributed by atoms with Crippen molar-refractivity contribution in [2.45, 2.75) is 80.6 Å². The van der Waals surface area contributed by atoms with Gasteiger partial charge in [0.15, 0.2) is 0 Å². The first-order valence-corrected chi connectivity index (χ1v) is 20.7. The number of nitrogens with zero attached hydrogens (tertiary/aromatic N) is 2. The molecular formula is C40H52ClN3O5S. The first-order valence-electron chi connectivity index (χ1n) is 18.5. The van der Waals surface area contributed by atoms with E-state index < -0.39 is 15.3 Å². The van der Waals surface area contributed by atoms with Crippen molar-refractivity contribution in [1.29, 1.82) is 0 Å². The molecule has 7 atom stereocenters. The largest absolute Gasteiger partial charge is 0.490 e. The van der Waals surface area contributed by atoms with Crippen molar-refractivity contribution in [2.75, 3.05) is 58.0 Å². The standard InChI is InChI=1S/C40H52ClN3O5S/c1-27-7-5-16-40(47-3,23-44-18-17-39(44)25-48-26-39)34-12-9-31(34)21-43-22-38(15-6-8-29-19-32(41)11-13-33(29)38)24-49-36-14-10-30(20-35(36)43)37(45)42-50(4,46)28(27)2/h5,10-11,13-14,16,19-20,27-28,31,34H,4,6-9,12,15,17-18,21-26H2,1-3H3,(H,42,45,46)/b16-5+/t27-,28+,31-,34+,38-,40+,50?/m0/s1. The van der Waals surface area contributed by atoms with Crippen molar-refractivity contribution >= 4 is 38.8 Å². The predicted molar refractivity (Wildman–Crippen MR) is 201 cm³/mol. The van der Waals surface area contributed by atoms with Gasteiger partial charge in [-0.25, -0.2) is 4.21 Å². The van der Waals surface area contributed by atoms with Gasteiger partial charge in [0.05, 0.1) is 40.8 Å². The number of benzene rings is 2. The van der Waals surface area contributed by atoms with E-state index >= 15 is 0 Å².